The second-order valence-electron chi connectivity index (χ2n) is 5.24. The van der Waals surface area contributed by atoms with Gasteiger partial charge in [0.2, 0.25) is 12.3 Å². The first-order chi connectivity index (χ1) is 10.3. The van der Waals surface area contributed by atoms with Crippen molar-refractivity contribution in [1.82, 2.24) is 20.0 Å². The molecule has 0 radical (unpaired) electrons. The molecule has 6 heteroatoms. The van der Waals surface area contributed by atoms with Crippen LogP contribution in [0.1, 0.15) is 43.1 Å². The molecule has 0 spiro atoms. The van der Waals surface area contributed by atoms with Crippen LogP contribution in [0.3, 0.4) is 0 Å². The van der Waals surface area contributed by atoms with Crippen molar-refractivity contribution in [3.63, 3.8) is 0 Å². The highest BCUT2D eigenvalue weighted by Gasteiger charge is 2.30. The average molecular weight is 286 g/mol. The molecule has 1 fully saturated rings. The van der Waals surface area contributed by atoms with Gasteiger partial charge in [0.1, 0.15) is 0 Å². The summed E-state index contributed by atoms with van der Waals surface area (Å²) in [5.74, 6) is 0.772. The summed E-state index contributed by atoms with van der Waals surface area (Å²) in [7, 11) is 0. The highest BCUT2D eigenvalue weighted by molar-refractivity contribution is 5.77. The summed E-state index contributed by atoms with van der Waals surface area (Å²) in [6.07, 6.45) is 9.09. The van der Waals surface area contributed by atoms with Gasteiger partial charge in [-0.25, -0.2) is 0 Å². The Morgan fingerprint density at radius 3 is 2.95 bits per heavy atom. The molecule has 1 aliphatic rings. The summed E-state index contributed by atoms with van der Waals surface area (Å²) in [6, 6.07) is 3.85. The lowest BCUT2D eigenvalue weighted by molar-refractivity contribution is -0.135. The van der Waals surface area contributed by atoms with Gasteiger partial charge in [-0.3, -0.25) is 9.78 Å². The third-order valence-corrected chi connectivity index (χ3v) is 3.88. The van der Waals surface area contributed by atoms with E-state index >= 15 is 0 Å². The predicted octanol–water partition coefficient (Wildman–Crippen LogP) is 2.15. The molecule has 2 aromatic heterocycles. The van der Waals surface area contributed by atoms with Crippen LogP contribution >= 0.6 is 0 Å². The van der Waals surface area contributed by atoms with Crippen molar-refractivity contribution in [2.24, 2.45) is 0 Å². The van der Waals surface area contributed by atoms with Crippen molar-refractivity contribution in [1.29, 1.82) is 0 Å². The van der Waals surface area contributed by atoms with Gasteiger partial charge in [-0.1, -0.05) is 5.16 Å². The van der Waals surface area contributed by atoms with E-state index in [9.17, 15) is 4.79 Å². The fraction of sp³-hybridized carbons (Fsp3) is 0.467. The second kappa shape index (κ2) is 6.47. The molecule has 1 saturated heterocycles. The van der Waals surface area contributed by atoms with Gasteiger partial charge >= 0.3 is 0 Å². The predicted molar refractivity (Wildman–Crippen MR) is 75.2 cm³/mol. The lowest BCUT2D eigenvalue weighted by Crippen LogP contribution is -2.39. The monoisotopic (exact) mass is 286 g/mol. The molecule has 1 aliphatic heterocycles. The molecule has 21 heavy (non-hydrogen) atoms. The number of carbonyl (C=O) groups excluding carboxylic acids is 1. The molecule has 0 aliphatic carbocycles. The van der Waals surface area contributed by atoms with E-state index in [0.29, 0.717) is 12.2 Å². The average Bonchev–Trinajstić information content (AvgIpc) is 3.08. The molecule has 1 amide bonds. The molecule has 0 aromatic carbocycles. The Morgan fingerprint density at radius 2 is 2.19 bits per heavy atom. The second-order valence-corrected chi connectivity index (χ2v) is 5.24. The smallest absolute Gasteiger partial charge is 0.223 e. The molecule has 3 rings (SSSR count). The fourth-order valence-corrected chi connectivity index (χ4v) is 2.77. The molecule has 0 bridgehead atoms. The number of amides is 1. The highest BCUT2D eigenvalue weighted by atomic mass is 16.5. The zero-order valence-electron chi connectivity index (χ0n) is 11.8. The molecule has 0 N–H and O–H groups in total. The van der Waals surface area contributed by atoms with E-state index in [1.54, 1.807) is 12.4 Å². The lowest BCUT2D eigenvalue weighted by atomic mass is 10.0. The molecule has 1 atom stereocenters. The van der Waals surface area contributed by atoms with Gasteiger partial charge in [0, 0.05) is 25.4 Å². The SMILES string of the molecule is O=C(CCc1ccncc1)N1CCCCC1c1ncon1. The lowest BCUT2D eigenvalue weighted by Gasteiger charge is -2.33. The first kappa shape index (κ1) is 13.7. The Bertz CT molecular complexity index is 571. The van der Waals surface area contributed by atoms with E-state index in [1.807, 2.05) is 17.0 Å². The Labute approximate surface area is 123 Å². The number of hydrogen-bond donors (Lipinski definition) is 0. The maximum absolute atomic E-state index is 12.5. The van der Waals surface area contributed by atoms with Gasteiger partial charge in [-0.2, -0.15) is 4.98 Å². The van der Waals surface area contributed by atoms with Gasteiger partial charge in [0.25, 0.3) is 0 Å². The first-order valence-corrected chi connectivity index (χ1v) is 7.29. The summed E-state index contributed by atoms with van der Waals surface area (Å²) in [5, 5.41) is 3.90. The van der Waals surface area contributed by atoms with Gasteiger partial charge in [0.05, 0.1) is 6.04 Å². The van der Waals surface area contributed by atoms with Crippen molar-refractivity contribution in [2.45, 2.75) is 38.1 Å². The van der Waals surface area contributed by atoms with E-state index in [-0.39, 0.29) is 11.9 Å². The first-order valence-electron chi connectivity index (χ1n) is 7.29. The van der Waals surface area contributed by atoms with Crippen LogP contribution < -0.4 is 0 Å². The summed E-state index contributed by atoms with van der Waals surface area (Å²) in [4.78, 5) is 22.5. The van der Waals surface area contributed by atoms with Crippen molar-refractivity contribution in [2.75, 3.05) is 6.54 Å². The van der Waals surface area contributed by atoms with Gasteiger partial charge in [-0.15, -0.1) is 0 Å². The Kier molecular flexibility index (Phi) is 4.23. The van der Waals surface area contributed by atoms with E-state index in [0.717, 1.165) is 37.8 Å². The summed E-state index contributed by atoms with van der Waals surface area (Å²) in [5.41, 5.74) is 1.13. The van der Waals surface area contributed by atoms with Gasteiger partial charge in [0.15, 0.2) is 5.82 Å². The quantitative estimate of drug-likeness (QED) is 0.861. The van der Waals surface area contributed by atoms with Crippen LogP contribution in [0.2, 0.25) is 0 Å². The number of carbonyl (C=O) groups is 1. The number of pyridine rings is 1. The fourth-order valence-electron chi connectivity index (χ4n) is 2.77. The molecule has 3 heterocycles. The number of piperidine rings is 1. The number of hydrogen-bond acceptors (Lipinski definition) is 5. The number of likely N-dealkylation sites (tertiary alicyclic amines) is 1. The normalized spacial score (nSPS) is 18.7. The zero-order chi connectivity index (χ0) is 14.5. The van der Waals surface area contributed by atoms with Gasteiger partial charge < -0.3 is 9.42 Å². The standard InChI is InChI=1S/C15H18N4O2/c20-14(5-4-12-6-8-16-9-7-12)19-10-2-1-3-13(19)15-17-11-21-18-15/h6-9,11,13H,1-5,10H2. The topological polar surface area (TPSA) is 72.1 Å². The number of rotatable bonds is 4. The Morgan fingerprint density at radius 1 is 1.33 bits per heavy atom. The van der Waals surface area contributed by atoms with Crippen LogP contribution in [-0.4, -0.2) is 32.5 Å². The van der Waals surface area contributed by atoms with Crippen molar-refractivity contribution >= 4 is 5.91 Å². The minimum Gasteiger partial charge on any atom is -0.343 e. The van der Waals surface area contributed by atoms with Crippen molar-refractivity contribution < 1.29 is 9.32 Å². The maximum atomic E-state index is 12.5. The molecule has 110 valence electrons. The molecular weight excluding hydrogens is 268 g/mol. The van der Waals surface area contributed by atoms with Crippen LogP contribution in [0.4, 0.5) is 0 Å². The van der Waals surface area contributed by atoms with Crippen LogP contribution in [0.25, 0.3) is 0 Å². The largest absolute Gasteiger partial charge is 0.343 e. The number of aromatic nitrogens is 3. The minimum atomic E-state index is -0.0394. The van der Waals surface area contributed by atoms with Crippen LogP contribution in [-0.2, 0) is 11.2 Å². The minimum absolute atomic E-state index is 0.0394. The number of aryl methyl sites for hydroxylation is 1. The summed E-state index contributed by atoms with van der Waals surface area (Å²) >= 11 is 0. The molecule has 1 unspecified atom stereocenters. The third-order valence-electron chi connectivity index (χ3n) is 3.88. The highest BCUT2D eigenvalue weighted by Crippen LogP contribution is 2.29. The number of nitrogens with zero attached hydrogens (tertiary/aromatic N) is 4. The molecule has 0 saturated carbocycles. The van der Waals surface area contributed by atoms with Crippen LogP contribution in [0.5, 0.6) is 0 Å². The van der Waals surface area contributed by atoms with E-state index < -0.39 is 0 Å². The van der Waals surface area contributed by atoms with E-state index in [2.05, 4.69) is 15.1 Å². The van der Waals surface area contributed by atoms with Crippen LogP contribution in [0, 0.1) is 0 Å². The molecule has 6 nitrogen and oxygen atoms in total. The van der Waals surface area contributed by atoms with Gasteiger partial charge in [-0.05, 0) is 43.4 Å². The van der Waals surface area contributed by atoms with E-state index in [4.69, 9.17) is 4.52 Å². The maximum Gasteiger partial charge on any atom is 0.223 e. The summed E-state index contributed by atoms with van der Waals surface area (Å²) < 4.78 is 4.82. The molecule has 2 aromatic rings. The van der Waals surface area contributed by atoms with Crippen LogP contribution in [0.15, 0.2) is 35.4 Å². The van der Waals surface area contributed by atoms with Crippen molar-refractivity contribution in [3.8, 4) is 0 Å². The van der Waals surface area contributed by atoms with Crippen molar-refractivity contribution in [3.05, 3.63) is 42.3 Å². The third kappa shape index (κ3) is 3.26. The zero-order valence-corrected chi connectivity index (χ0v) is 11.8. The Balaban J connectivity index is 1.64. The van der Waals surface area contributed by atoms with E-state index in [1.165, 1.54) is 6.39 Å². The summed E-state index contributed by atoms with van der Waals surface area (Å²) in [6.45, 7) is 0.772. The molecular formula is C15H18N4O2. The Hall–Kier alpha value is -2.24.